The third-order valence-electron chi connectivity index (χ3n) is 3.95. The molecular formula is C16H16ClFN2O3S2. The van der Waals surface area contributed by atoms with Gasteiger partial charge < -0.3 is 5.32 Å². The largest absolute Gasteiger partial charge is 0.319 e. The predicted molar refractivity (Wildman–Crippen MR) is 96.3 cm³/mol. The van der Waals surface area contributed by atoms with Gasteiger partial charge in [-0.15, -0.1) is 11.3 Å². The minimum absolute atomic E-state index is 0.0359. The molecular weight excluding hydrogens is 387 g/mol. The lowest BCUT2D eigenvalue weighted by atomic mass is 10.2. The fourth-order valence-corrected chi connectivity index (χ4v) is 5.65. The number of nitrogens with zero attached hydrogens (tertiary/aromatic N) is 1. The molecule has 0 unspecified atom stereocenters. The van der Waals surface area contributed by atoms with Gasteiger partial charge in [0.15, 0.2) is 0 Å². The van der Waals surface area contributed by atoms with E-state index in [1.165, 1.54) is 22.5 Å². The summed E-state index contributed by atoms with van der Waals surface area (Å²) in [5.41, 5.74) is -0.0517. The summed E-state index contributed by atoms with van der Waals surface area (Å²) >= 11 is 6.70. The maximum absolute atomic E-state index is 13.9. The lowest BCUT2D eigenvalue weighted by molar-refractivity contribution is 0.102. The van der Waals surface area contributed by atoms with Gasteiger partial charge in [0.05, 0.1) is 5.69 Å². The van der Waals surface area contributed by atoms with E-state index >= 15 is 0 Å². The Morgan fingerprint density at radius 1 is 1.20 bits per heavy atom. The number of benzene rings is 1. The molecule has 1 N–H and O–H groups in total. The second-order valence-electron chi connectivity index (χ2n) is 5.66. The van der Waals surface area contributed by atoms with Crippen molar-refractivity contribution in [2.24, 2.45) is 0 Å². The summed E-state index contributed by atoms with van der Waals surface area (Å²) in [6.07, 6.45) is 2.61. The van der Waals surface area contributed by atoms with Crippen molar-refractivity contribution in [3.05, 3.63) is 45.4 Å². The molecule has 0 saturated carbocycles. The van der Waals surface area contributed by atoms with E-state index in [1.807, 2.05) is 0 Å². The average Bonchev–Trinajstić information content (AvgIpc) is 3.09. The summed E-state index contributed by atoms with van der Waals surface area (Å²) in [5.74, 6) is -1.34. The molecule has 0 radical (unpaired) electrons. The smallest absolute Gasteiger partial charge is 0.267 e. The Morgan fingerprint density at radius 3 is 2.60 bits per heavy atom. The van der Waals surface area contributed by atoms with Crippen LogP contribution in [0.15, 0.2) is 34.5 Å². The van der Waals surface area contributed by atoms with Gasteiger partial charge in [0.25, 0.3) is 5.91 Å². The van der Waals surface area contributed by atoms with E-state index in [-0.39, 0.29) is 20.5 Å². The Bertz CT molecular complexity index is 893. The summed E-state index contributed by atoms with van der Waals surface area (Å²) in [5, 5.41) is 4.16. The Balaban J connectivity index is 1.86. The third kappa shape index (κ3) is 3.87. The van der Waals surface area contributed by atoms with Gasteiger partial charge >= 0.3 is 0 Å². The molecule has 0 bridgehead atoms. The van der Waals surface area contributed by atoms with Crippen molar-refractivity contribution in [3.63, 3.8) is 0 Å². The fraction of sp³-hybridized carbons (Fsp3) is 0.312. The van der Waals surface area contributed by atoms with Crippen molar-refractivity contribution in [2.45, 2.75) is 24.2 Å². The number of rotatable bonds is 4. The van der Waals surface area contributed by atoms with Crippen molar-refractivity contribution in [3.8, 4) is 0 Å². The van der Waals surface area contributed by atoms with Crippen molar-refractivity contribution >= 4 is 44.6 Å². The van der Waals surface area contributed by atoms with Gasteiger partial charge in [0.2, 0.25) is 10.0 Å². The zero-order chi connectivity index (χ0) is 18.0. The monoisotopic (exact) mass is 402 g/mol. The van der Waals surface area contributed by atoms with E-state index in [0.717, 1.165) is 36.7 Å². The first-order valence-corrected chi connectivity index (χ1v) is 10.4. The topological polar surface area (TPSA) is 66.5 Å². The van der Waals surface area contributed by atoms with Gasteiger partial charge in [-0.2, -0.15) is 4.31 Å². The molecule has 2 heterocycles. The van der Waals surface area contributed by atoms with E-state index in [4.69, 9.17) is 11.6 Å². The standard InChI is InChI=1S/C16H16ClFN2O3S2/c17-11-4-5-13(12(18)10-11)19-16(21)15-14(6-9-24-15)25(22,23)20-7-2-1-3-8-20/h4-6,9-10H,1-3,7-8H2,(H,19,21). The maximum atomic E-state index is 13.9. The molecule has 1 fully saturated rings. The van der Waals surface area contributed by atoms with Crippen LogP contribution < -0.4 is 5.32 Å². The van der Waals surface area contributed by atoms with E-state index in [1.54, 1.807) is 5.38 Å². The van der Waals surface area contributed by atoms with Crippen LogP contribution in [0.25, 0.3) is 0 Å². The fourth-order valence-electron chi connectivity index (χ4n) is 2.68. The van der Waals surface area contributed by atoms with Gasteiger partial charge in [-0.05, 0) is 42.5 Å². The van der Waals surface area contributed by atoms with Gasteiger partial charge in [-0.25, -0.2) is 12.8 Å². The molecule has 3 rings (SSSR count). The Morgan fingerprint density at radius 2 is 1.92 bits per heavy atom. The Labute approximate surface area is 154 Å². The molecule has 25 heavy (non-hydrogen) atoms. The van der Waals surface area contributed by atoms with Crippen LogP contribution in [-0.2, 0) is 10.0 Å². The second-order valence-corrected chi connectivity index (χ2v) is 8.92. The molecule has 1 aliphatic rings. The molecule has 0 spiro atoms. The molecule has 0 atom stereocenters. The summed E-state index contributed by atoms with van der Waals surface area (Å²) in [4.78, 5) is 12.5. The number of halogens is 2. The van der Waals surface area contributed by atoms with E-state index in [0.29, 0.717) is 13.1 Å². The van der Waals surface area contributed by atoms with Crippen molar-refractivity contribution in [1.29, 1.82) is 0 Å². The van der Waals surface area contributed by atoms with Gasteiger partial charge in [0.1, 0.15) is 15.6 Å². The van der Waals surface area contributed by atoms with Crippen molar-refractivity contribution in [2.75, 3.05) is 18.4 Å². The number of carbonyl (C=O) groups excluding carboxylic acids is 1. The first-order valence-electron chi connectivity index (χ1n) is 7.73. The number of hydrogen-bond acceptors (Lipinski definition) is 4. The zero-order valence-corrected chi connectivity index (χ0v) is 15.6. The highest BCUT2D eigenvalue weighted by Gasteiger charge is 2.31. The van der Waals surface area contributed by atoms with Crippen LogP contribution in [0.2, 0.25) is 5.02 Å². The highest BCUT2D eigenvalue weighted by atomic mass is 35.5. The molecule has 9 heteroatoms. The highest BCUT2D eigenvalue weighted by Crippen LogP contribution is 2.28. The second kappa shape index (κ2) is 7.41. The number of hydrogen-bond donors (Lipinski definition) is 1. The lowest BCUT2D eigenvalue weighted by Gasteiger charge is -2.25. The highest BCUT2D eigenvalue weighted by molar-refractivity contribution is 7.89. The van der Waals surface area contributed by atoms with Crippen molar-refractivity contribution in [1.82, 2.24) is 4.31 Å². The van der Waals surface area contributed by atoms with Crippen LogP contribution in [0.1, 0.15) is 28.9 Å². The molecule has 1 aromatic carbocycles. The number of anilines is 1. The normalized spacial score (nSPS) is 15.9. The van der Waals surface area contributed by atoms with Crippen LogP contribution in [0, 0.1) is 5.82 Å². The maximum Gasteiger partial charge on any atom is 0.267 e. The van der Waals surface area contributed by atoms with Gasteiger partial charge in [-0.1, -0.05) is 18.0 Å². The number of sulfonamides is 1. The molecule has 1 aromatic heterocycles. The summed E-state index contributed by atoms with van der Waals surface area (Å²) in [7, 11) is -3.74. The minimum atomic E-state index is -3.74. The Kier molecular flexibility index (Phi) is 5.43. The van der Waals surface area contributed by atoms with Crippen LogP contribution in [0.5, 0.6) is 0 Å². The minimum Gasteiger partial charge on any atom is -0.319 e. The number of nitrogens with one attached hydrogen (secondary N) is 1. The van der Waals surface area contributed by atoms with Crippen molar-refractivity contribution < 1.29 is 17.6 Å². The molecule has 2 aromatic rings. The number of amides is 1. The molecule has 1 saturated heterocycles. The summed E-state index contributed by atoms with van der Waals surface area (Å²) < 4.78 is 40.9. The van der Waals surface area contributed by atoms with Crippen LogP contribution in [0.3, 0.4) is 0 Å². The quantitative estimate of drug-likeness (QED) is 0.841. The third-order valence-corrected chi connectivity index (χ3v) is 7.17. The van der Waals surface area contributed by atoms with E-state index in [9.17, 15) is 17.6 Å². The first kappa shape index (κ1) is 18.3. The summed E-state index contributed by atoms with van der Waals surface area (Å²) in [6.45, 7) is 0.899. The SMILES string of the molecule is O=C(Nc1ccc(Cl)cc1F)c1sccc1S(=O)(=O)N1CCCCC1. The molecule has 1 amide bonds. The average molecular weight is 403 g/mol. The van der Waals surface area contributed by atoms with Crippen LogP contribution in [0.4, 0.5) is 10.1 Å². The van der Waals surface area contributed by atoms with Gasteiger partial charge in [-0.3, -0.25) is 4.79 Å². The van der Waals surface area contributed by atoms with Crippen LogP contribution in [-0.4, -0.2) is 31.7 Å². The first-order chi connectivity index (χ1) is 11.9. The Hall–Kier alpha value is -1.48. The van der Waals surface area contributed by atoms with E-state index < -0.39 is 21.7 Å². The van der Waals surface area contributed by atoms with Gasteiger partial charge in [0, 0.05) is 18.1 Å². The summed E-state index contributed by atoms with van der Waals surface area (Å²) in [6, 6.07) is 5.28. The molecule has 0 aliphatic carbocycles. The zero-order valence-electron chi connectivity index (χ0n) is 13.2. The number of piperidine rings is 1. The molecule has 1 aliphatic heterocycles. The predicted octanol–water partition coefficient (Wildman–Crippen LogP) is 3.97. The number of carbonyl (C=O) groups is 1. The van der Waals surface area contributed by atoms with E-state index in [2.05, 4.69) is 5.32 Å². The lowest BCUT2D eigenvalue weighted by Crippen LogP contribution is -2.36. The van der Waals surface area contributed by atoms with Crippen LogP contribution >= 0.6 is 22.9 Å². The molecule has 134 valence electrons. The number of thiophene rings is 1. The molecule has 5 nitrogen and oxygen atoms in total.